The predicted molar refractivity (Wildman–Crippen MR) is 127 cm³/mol. The normalized spacial score (nSPS) is 11.2. The Kier molecular flexibility index (Phi) is 8.91. The molecule has 2 N–H and O–H groups in total. The van der Waals surface area contributed by atoms with Crippen molar-refractivity contribution in [2.45, 2.75) is 33.7 Å². The van der Waals surface area contributed by atoms with Crippen LogP contribution >= 0.6 is 35.3 Å². The lowest BCUT2D eigenvalue weighted by Crippen LogP contribution is -2.38. The van der Waals surface area contributed by atoms with Crippen LogP contribution in [0.3, 0.4) is 0 Å². The Hall–Kier alpha value is -1.94. The molecule has 0 aliphatic carbocycles. The van der Waals surface area contributed by atoms with Gasteiger partial charge in [0.2, 0.25) is 0 Å². The van der Waals surface area contributed by atoms with Gasteiger partial charge >= 0.3 is 0 Å². The van der Waals surface area contributed by atoms with Gasteiger partial charge < -0.3 is 10.6 Å². The Morgan fingerprint density at radius 2 is 1.93 bits per heavy atom. The fourth-order valence-electron chi connectivity index (χ4n) is 2.61. The van der Waals surface area contributed by atoms with Crippen LogP contribution in [0.1, 0.15) is 28.2 Å². The van der Waals surface area contributed by atoms with Gasteiger partial charge in [-0.2, -0.15) is 5.10 Å². The van der Waals surface area contributed by atoms with Crippen LogP contribution in [0, 0.1) is 13.8 Å². The van der Waals surface area contributed by atoms with Crippen LogP contribution in [0.15, 0.2) is 47.6 Å². The molecule has 150 valence electrons. The molecule has 0 aliphatic heterocycles. The minimum Gasteiger partial charge on any atom is -0.357 e. The number of benzene rings is 1. The minimum absolute atomic E-state index is 0. The number of aromatic nitrogens is 3. The Bertz CT molecular complexity index is 868. The van der Waals surface area contributed by atoms with E-state index in [1.165, 1.54) is 4.88 Å². The number of nitrogens with one attached hydrogen (secondary N) is 2. The van der Waals surface area contributed by atoms with Crippen molar-refractivity contribution in [3.05, 3.63) is 63.9 Å². The minimum atomic E-state index is 0. The molecule has 0 fully saturated rings. The van der Waals surface area contributed by atoms with Crippen LogP contribution < -0.4 is 10.6 Å². The van der Waals surface area contributed by atoms with Crippen LogP contribution in [-0.2, 0) is 13.0 Å². The number of guanidine groups is 1. The third-order valence-electron chi connectivity index (χ3n) is 4.11. The van der Waals surface area contributed by atoms with Crippen LogP contribution in [0.25, 0.3) is 5.69 Å². The van der Waals surface area contributed by atoms with E-state index in [1.807, 2.05) is 47.3 Å². The number of hydrogen-bond donors (Lipinski definition) is 2. The second kappa shape index (κ2) is 11.2. The monoisotopic (exact) mass is 510 g/mol. The summed E-state index contributed by atoms with van der Waals surface area (Å²) in [7, 11) is 0. The molecule has 6 nitrogen and oxygen atoms in total. The van der Waals surface area contributed by atoms with Crippen molar-refractivity contribution in [2.24, 2.45) is 4.99 Å². The maximum atomic E-state index is 4.65. The zero-order chi connectivity index (χ0) is 19.1. The molecule has 0 saturated carbocycles. The Labute approximate surface area is 187 Å². The quantitative estimate of drug-likeness (QED) is 0.288. The van der Waals surface area contributed by atoms with Crippen molar-refractivity contribution in [1.29, 1.82) is 0 Å². The Morgan fingerprint density at radius 3 is 2.61 bits per heavy atom. The first kappa shape index (κ1) is 22.4. The van der Waals surface area contributed by atoms with E-state index < -0.39 is 0 Å². The van der Waals surface area contributed by atoms with Crippen LogP contribution in [0.2, 0.25) is 0 Å². The zero-order valence-electron chi connectivity index (χ0n) is 16.5. The van der Waals surface area contributed by atoms with Crippen LogP contribution in [0.5, 0.6) is 0 Å². The first-order valence-electron chi connectivity index (χ1n) is 9.20. The van der Waals surface area contributed by atoms with Crippen LogP contribution in [0.4, 0.5) is 0 Å². The molecule has 3 aromatic rings. The van der Waals surface area contributed by atoms with Crippen LogP contribution in [-0.4, -0.2) is 33.8 Å². The fraction of sp³-hybridized carbons (Fsp3) is 0.350. The predicted octanol–water partition coefficient (Wildman–Crippen LogP) is 3.86. The molecule has 0 bridgehead atoms. The van der Waals surface area contributed by atoms with Gasteiger partial charge in [0.1, 0.15) is 0 Å². The number of hydrogen-bond acceptors (Lipinski definition) is 4. The summed E-state index contributed by atoms with van der Waals surface area (Å²) in [6.07, 6.45) is 2.86. The lowest BCUT2D eigenvalue weighted by molar-refractivity contribution is 0.785. The number of halogens is 1. The summed E-state index contributed by atoms with van der Waals surface area (Å²) in [5, 5.41) is 12.4. The molecule has 0 radical (unpaired) electrons. The smallest absolute Gasteiger partial charge is 0.191 e. The van der Waals surface area contributed by atoms with E-state index in [1.54, 1.807) is 11.3 Å². The molecule has 28 heavy (non-hydrogen) atoms. The van der Waals surface area contributed by atoms with Gasteiger partial charge in [-0.1, -0.05) is 18.2 Å². The molecule has 0 spiro atoms. The van der Waals surface area contributed by atoms with Gasteiger partial charge in [0, 0.05) is 30.6 Å². The Balaban J connectivity index is 0.00000280. The molecule has 1 aromatic carbocycles. The molecular formula is C20H27IN6S. The van der Waals surface area contributed by atoms with Crippen molar-refractivity contribution < 1.29 is 0 Å². The molecule has 0 atom stereocenters. The second-order valence-corrected chi connectivity index (χ2v) is 7.50. The summed E-state index contributed by atoms with van der Waals surface area (Å²) in [5.41, 5.74) is 3.11. The van der Waals surface area contributed by atoms with E-state index in [-0.39, 0.29) is 24.0 Å². The topological polar surface area (TPSA) is 67.1 Å². The molecule has 0 unspecified atom stereocenters. The number of aliphatic imine (C=N–C) groups is 1. The number of thiazole rings is 1. The van der Waals surface area contributed by atoms with E-state index in [0.717, 1.165) is 47.6 Å². The second-order valence-electron chi connectivity index (χ2n) is 6.21. The first-order chi connectivity index (χ1) is 13.2. The number of aryl methyl sites for hydroxylation is 2. The van der Waals surface area contributed by atoms with Crippen molar-refractivity contribution in [1.82, 2.24) is 25.4 Å². The molecule has 3 rings (SSSR count). The van der Waals surface area contributed by atoms with Gasteiger partial charge in [0.15, 0.2) is 5.96 Å². The molecule has 2 heterocycles. The van der Waals surface area contributed by atoms with Crippen molar-refractivity contribution in [2.75, 3.05) is 13.1 Å². The summed E-state index contributed by atoms with van der Waals surface area (Å²) < 4.78 is 1.87. The van der Waals surface area contributed by atoms with Crippen molar-refractivity contribution in [3.8, 4) is 5.69 Å². The molecule has 2 aromatic heterocycles. The van der Waals surface area contributed by atoms with E-state index in [0.29, 0.717) is 6.54 Å². The summed E-state index contributed by atoms with van der Waals surface area (Å²) in [4.78, 5) is 10.5. The number of nitrogens with zero attached hydrogens (tertiary/aromatic N) is 4. The number of rotatable bonds is 7. The SMILES string of the molecule is CCNC(=NCc1ccn(-c2ccccc2)n1)NCCc1nc(C)c(C)s1.I. The molecule has 0 aliphatic rings. The lowest BCUT2D eigenvalue weighted by Gasteiger charge is -2.10. The highest BCUT2D eigenvalue weighted by molar-refractivity contribution is 14.0. The van der Waals surface area contributed by atoms with Gasteiger partial charge in [0.05, 0.1) is 28.6 Å². The lowest BCUT2D eigenvalue weighted by atomic mass is 10.3. The van der Waals surface area contributed by atoms with E-state index in [4.69, 9.17) is 0 Å². The molecule has 8 heteroatoms. The molecular weight excluding hydrogens is 483 g/mol. The maximum absolute atomic E-state index is 4.65. The average Bonchev–Trinajstić information content (AvgIpc) is 3.27. The third kappa shape index (κ3) is 6.30. The molecule has 0 saturated heterocycles. The van der Waals surface area contributed by atoms with Gasteiger partial charge in [-0.05, 0) is 39.0 Å². The van der Waals surface area contributed by atoms with Gasteiger partial charge in [-0.3, -0.25) is 0 Å². The van der Waals surface area contributed by atoms with Gasteiger partial charge in [0.25, 0.3) is 0 Å². The average molecular weight is 510 g/mol. The van der Waals surface area contributed by atoms with E-state index in [2.05, 4.69) is 46.5 Å². The van der Waals surface area contributed by atoms with Gasteiger partial charge in [-0.25, -0.2) is 14.7 Å². The zero-order valence-corrected chi connectivity index (χ0v) is 19.6. The highest BCUT2D eigenvalue weighted by Gasteiger charge is 2.05. The summed E-state index contributed by atoms with van der Waals surface area (Å²) in [6.45, 7) is 8.39. The summed E-state index contributed by atoms with van der Waals surface area (Å²) >= 11 is 1.77. The maximum Gasteiger partial charge on any atom is 0.191 e. The third-order valence-corrected chi connectivity index (χ3v) is 5.25. The highest BCUT2D eigenvalue weighted by atomic mass is 127. The standard InChI is InChI=1S/C20H26N6S.HI/c1-4-21-20(22-12-10-19-24-15(2)16(3)27-19)23-14-17-11-13-26(25-17)18-8-6-5-7-9-18;/h5-9,11,13H,4,10,12,14H2,1-3H3,(H2,21,22,23);1H. The molecule has 0 amide bonds. The summed E-state index contributed by atoms with van der Waals surface area (Å²) in [5.74, 6) is 0.803. The van der Waals surface area contributed by atoms with E-state index >= 15 is 0 Å². The number of para-hydroxylation sites is 1. The Morgan fingerprint density at radius 1 is 1.14 bits per heavy atom. The fourth-order valence-corrected chi connectivity index (χ4v) is 3.54. The van der Waals surface area contributed by atoms with Crippen molar-refractivity contribution >= 4 is 41.3 Å². The first-order valence-corrected chi connectivity index (χ1v) is 10.0. The van der Waals surface area contributed by atoms with Gasteiger partial charge in [-0.15, -0.1) is 35.3 Å². The largest absolute Gasteiger partial charge is 0.357 e. The highest BCUT2D eigenvalue weighted by Crippen LogP contribution is 2.16. The van der Waals surface area contributed by atoms with E-state index in [9.17, 15) is 0 Å². The summed E-state index contributed by atoms with van der Waals surface area (Å²) in [6, 6.07) is 12.1. The van der Waals surface area contributed by atoms with Crippen molar-refractivity contribution in [3.63, 3.8) is 0 Å².